The van der Waals surface area contributed by atoms with Gasteiger partial charge in [0.1, 0.15) is 17.2 Å². The number of carbonyl (C=O) groups excluding carboxylic acids is 1. The molecular weight excluding hydrogens is 362 g/mol. The van der Waals surface area contributed by atoms with Crippen molar-refractivity contribution in [1.29, 1.82) is 0 Å². The van der Waals surface area contributed by atoms with Gasteiger partial charge in [-0.15, -0.1) is 0 Å². The third-order valence-corrected chi connectivity index (χ3v) is 4.06. The van der Waals surface area contributed by atoms with Gasteiger partial charge in [0.15, 0.2) is 0 Å². The van der Waals surface area contributed by atoms with Crippen LogP contribution in [0.15, 0.2) is 47.0 Å². The number of anilines is 1. The summed E-state index contributed by atoms with van der Waals surface area (Å²) in [7, 11) is 4.70. The highest BCUT2D eigenvalue weighted by atomic mass is 16.5. The lowest BCUT2D eigenvalue weighted by Crippen LogP contribution is -2.13. The lowest BCUT2D eigenvalue weighted by molar-refractivity contribution is -0.116. The van der Waals surface area contributed by atoms with Crippen molar-refractivity contribution in [3.63, 3.8) is 0 Å². The Bertz CT molecular complexity index is 937. The van der Waals surface area contributed by atoms with Crippen LogP contribution in [0, 0.1) is 0 Å². The summed E-state index contributed by atoms with van der Waals surface area (Å²) in [6.45, 7) is 0. The molecule has 8 heteroatoms. The van der Waals surface area contributed by atoms with Gasteiger partial charge in [-0.2, -0.15) is 4.98 Å². The lowest BCUT2D eigenvalue weighted by atomic mass is 10.2. The van der Waals surface area contributed by atoms with Crippen molar-refractivity contribution in [1.82, 2.24) is 10.1 Å². The maximum atomic E-state index is 12.3. The van der Waals surface area contributed by atoms with Crippen molar-refractivity contribution in [2.45, 2.75) is 12.8 Å². The first-order valence-corrected chi connectivity index (χ1v) is 8.62. The van der Waals surface area contributed by atoms with Crippen molar-refractivity contribution >= 4 is 11.6 Å². The van der Waals surface area contributed by atoms with E-state index in [4.69, 9.17) is 18.7 Å². The first kappa shape index (κ1) is 19.2. The van der Waals surface area contributed by atoms with Crippen molar-refractivity contribution in [3.05, 3.63) is 48.4 Å². The van der Waals surface area contributed by atoms with Gasteiger partial charge in [-0.1, -0.05) is 5.16 Å². The fourth-order valence-corrected chi connectivity index (χ4v) is 2.56. The summed E-state index contributed by atoms with van der Waals surface area (Å²) in [5, 5.41) is 6.77. The standard InChI is InChI=1S/C20H21N3O5/c1-25-14-6-4-13(5-7-14)20-22-19(28-23-20)11-10-18(24)21-16-12-15(26-2)8-9-17(16)27-3/h4-9,12H,10-11H2,1-3H3,(H,21,24). The number of aromatic nitrogens is 2. The molecule has 1 amide bonds. The summed E-state index contributed by atoms with van der Waals surface area (Å²) >= 11 is 0. The molecule has 0 aliphatic carbocycles. The molecule has 0 radical (unpaired) electrons. The molecule has 146 valence electrons. The number of methoxy groups -OCH3 is 3. The molecule has 1 heterocycles. The smallest absolute Gasteiger partial charge is 0.227 e. The van der Waals surface area contributed by atoms with E-state index in [1.54, 1.807) is 32.4 Å². The van der Waals surface area contributed by atoms with Gasteiger partial charge in [0.05, 0.1) is 27.0 Å². The van der Waals surface area contributed by atoms with Crippen molar-refractivity contribution in [2.75, 3.05) is 26.6 Å². The van der Waals surface area contributed by atoms with E-state index in [9.17, 15) is 4.79 Å². The van der Waals surface area contributed by atoms with Crippen LogP contribution in [0.25, 0.3) is 11.4 Å². The Balaban J connectivity index is 1.60. The average molecular weight is 383 g/mol. The summed E-state index contributed by atoms with van der Waals surface area (Å²) in [5.74, 6) is 2.57. The second-order valence-electron chi connectivity index (χ2n) is 5.85. The fourth-order valence-electron chi connectivity index (χ4n) is 2.56. The molecule has 0 saturated heterocycles. The number of hydrogen-bond acceptors (Lipinski definition) is 7. The molecule has 0 unspecified atom stereocenters. The van der Waals surface area contributed by atoms with Crippen molar-refractivity contribution < 1.29 is 23.5 Å². The minimum Gasteiger partial charge on any atom is -0.497 e. The molecular formula is C20H21N3O5. The zero-order chi connectivity index (χ0) is 19.9. The van der Waals surface area contributed by atoms with Crippen LogP contribution in [-0.4, -0.2) is 37.4 Å². The van der Waals surface area contributed by atoms with Gasteiger partial charge in [0.2, 0.25) is 17.6 Å². The van der Waals surface area contributed by atoms with Crippen LogP contribution < -0.4 is 19.5 Å². The molecule has 1 aromatic heterocycles. The van der Waals surface area contributed by atoms with E-state index in [0.29, 0.717) is 35.3 Å². The maximum Gasteiger partial charge on any atom is 0.227 e. The van der Waals surface area contributed by atoms with Gasteiger partial charge in [0, 0.05) is 24.5 Å². The number of amides is 1. The fraction of sp³-hybridized carbons (Fsp3) is 0.250. The average Bonchev–Trinajstić information content (AvgIpc) is 3.21. The Morgan fingerprint density at radius 3 is 2.39 bits per heavy atom. The predicted molar refractivity (Wildman–Crippen MR) is 103 cm³/mol. The molecule has 3 aromatic rings. The molecule has 0 atom stereocenters. The number of hydrogen-bond donors (Lipinski definition) is 1. The van der Waals surface area contributed by atoms with E-state index in [2.05, 4.69) is 15.5 Å². The number of rotatable bonds is 8. The summed E-state index contributed by atoms with van der Waals surface area (Å²) in [5.41, 5.74) is 1.35. The van der Waals surface area contributed by atoms with Gasteiger partial charge < -0.3 is 24.1 Å². The molecule has 1 N–H and O–H groups in total. The van der Waals surface area contributed by atoms with Crippen LogP contribution in [0.1, 0.15) is 12.3 Å². The first-order chi connectivity index (χ1) is 13.6. The Morgan fingerprint density at radius 1 is 1.00 bits per heavy atom. The number of aryl methyl sites for hydroxylation is 1. The van der Waals surface area contributed by atoms with Gasteiger partial charge in [-0.05, 0) is 36.4 Å². The molecule has 2 aromatic carbocycles. The largest absolute Gasteiger partial charge is 0.497 e. The summed E-state index contributed by atoms with van der Waals surface area (Å²) in [6.07, 6.45) is 0.506. The Labute approximate surface area is 162 Å². The second kappa shape index (κ2) is 8.90. The summed E-state index contributed by atoms with van der Waals surface area (Å²) in [6, 6.07) is 12.5. The van der Waals surface area contributed by atoms with Crippen molar-refractivity contribution in [2.24, 2.45) is 0 Å². The monoisotopic (exact) mass is 383 g/mol. The molecule has 0 fully saturated rings. The van der Waals surface area contributed by atoms with Crippen LogP contribution in [0.2, 0.25) is 0 Å². The minimum atomic E-state index is -0.198. The van der Waals surface area contributed by atoms with E-state index in [1.807, 2.05) is 24.3 Å². The van der Waals surface area contributed by atoms with Gasteiger partial charge in [-0.3, -0.25) is 4.79 Å². The van der Waals surface area contributed by atoms with Crippen molar-refractivity contribution in [3.8, 4) is 28.6 Å². The highest BCUT2D eigenvalue weighted by Crippen LogP contribution is 2.29. The van der Waals surface area contributed by atoms with Gasteiger partial charge in [0.25, 0.3) is 0 Å². The molecule has 0 aliphatic heterocycles. The van der Waals surface area contributed by atoms with Crippen LogP contribution in [-0.2, 0) is 11.2 Å². The first-order valence-electron chi connectivity index (χ1n) is 8.62. The van der Waals surface area contributed by atoms with Crippen LogP contribution >= 0.6 is 0 Å². The summed E-state index contributed by atoms with van der Waals surface area (Å²) < 4.78 is 20.8. The molecule has 0 spiro atoms. The van der Waals surface area contributed by atoms with Crippen LogP contribution in [0.3, 0.4) is 0 Å². The SMILES string of the molecule is COc1ccc(-c2noc(CCC(=O)Nc3cc(OC)ccc3OC)n2)cc1. The molecule has 3 rings (SSSR count). The normalized spacial score (nSPS) is 10.4. The minimum absolute atomic E-state index is 0.185. The summed E-state index contributed by atoms with van der Waals surface area (Å²) in [4.78, 5) is 16.6. The Hall–Kier alpha value is -3.55. The zero-order valence-electron chi connectivity index (χ0n) is 15.9. The molecule has 8 nitrogen and oxygen atoms in total. The number of nitrogens with one attached hydrogen (secondary N) is 1. The van der Waals surface area contributed by atoms with Crippen LogP contribution in [0.4, 0.5) is 5.69 Å². The quantitative estimate of drug-likeness (QED) is 0.637. The number of nitrogens with zero attached hydrogens (tertiary/aromatic N) is 2. The van der Waals surface area contributed by atoms with E-state index in [-0.39, 0.29) is 12.3 Å². The third-order valence-electron chi connectivity index (χ3n) is 4.06. The van der Waals surface area contributed by atoms with E-state index < -0.39 is 0 Å². The second-order valence-corrected chi connectivity index (χ2v) is 5.85. The van der Waals surface area contributed by atoms with Gasteiger partial charge >= 0.3 is 0 Å². The molecule has 28 heavy (non-hydrogen) atoms. The highest BCUT2D eigenvalue weighted by molar-refractivity contribution is 5.92. The number of ether oxygens (including phenoxy) is 3. The highest BCUT2D eigenvalue weighted by Gasteiger charge is 2.13. The lowest BCUT2D eigenvalue weighted by Gasteiger charge is -2.11. The van der Waals surface area contributed by atoms with E-state index in [0.717, 1.165) is 11.3 Å². The van der Waals surface area contributed by atoms with E-state index >= 15 is 0 Å². The molecule has 0 aliphatic rings. The van der Waals surface area contributed by atoms with Crippen LogP contribution in [0.5, 0.6) is 17.2 Å². The maximum absolute atomic E-state index is 12.3. The number of carbonyl (C=O) groups is 1. The Morgan fingerprint density at radius 2 is 1.71 bits per heavy atom. The van der Waals surface area contributed by atoms with Gasteiger partial charge in [-0.25, -0.2) is 0 Å². The molecule has 0 saturated carbocycles. The predicted octanol–water partition coefficient (Wildman–Crippen LogP) is 3.33. The van der Waals surface area contributed by atoms with E-state index in [1.165, 1.54) is 7.11 Å². The topological polar surface area (TPSA) is 95.7 Å². The zero-order valence-corrected chi connectivity index (χ0v) is 15.9. The Kier molecular flexibility index (Phi) is 6.11. The number of benzene rings is 2. The third kappa shape index (κ3) is 4.59. The molecule has 0 bridgehead atoms.